The maximum atomic E-state index is 11.5. The second-order valence-electron chi connectivity index (χ2n) is 3.81. The van der Waals surface area contributed by atoms with Crippen molar-refractivity contribution in [2.45, 2.75) is 12.6 Å². The van der Waals surface area contributed by atoms with E-state index in [-0.39, 0.29) is 24.9 Å². The number of ketones is 1. The Morgan fingerprint density at radius 1 is 1.32 bits per heavy atom. The third-order valence-electron chi connectivity index (χ3n) is 2.36. The number of amides is 1. The van der Waals surface area contributed by atoms with Crippen LogP contribution < -0.4 is 5.32 Å². The molecule has 0 fully saturated rings. The number of nitrogens with one attached hydrogen (secondary N) is 1. The second-order valence-corrected chi connectivity index (χ2v) is 4.08. The van der Waals surface area contributed by atoms with Gasteiger partial charge in [0.1, 0.15) is 12.6 Å². The molecule has 104 valence electrons. The summed E-state index contributed by atoms with van der Waals surface area (Å²) in [7, 11) is 1.44. The number of alkyl carbamates (subject to hydrolysis) is 1. The van der Waals surface area contributed by atoms with Crippen molar-refractivity contribution in [1.82, 2.24) is 5.32 Å². The molecule has 0 aliphatic carbocycles. The minimum Gasteiger partial charge on any atom is -0.445 e. The number of rotatable bonds is 7. The van der Waals surface area contributed by atoms with Gasteiger partial charge in [-0.15, -0.1) is 11.6 Å². The van der Waals surface area contributed by atoms with Crippen LogP contribution in [0.2, 0.25) is 0 Å². The van der Waals surface area contributed by atoms with Crippen LogP contribution in [0, 0.1) is 0 Å². The molecule has 1 unspecified atom stereocenters. The number of hydrogen-bond donors (Lipinski definition) is 1. The van der Waals surface area contributed by atoms with Crippen molar-refractivity contribution in [1.29, 1.82) is 0 Å². The third-order valence-corrected chi connectivity index (χ3v) is 2.62. The molecule has 0 radical (unpaired) electrons. The maximum Gasteiger partial charge on any atom is 0.408 e. The third kappa shape index (κ3) is 5.72. The largest absolute Gasteiger partial charge is 0.445 e. The van der Waals surface area contributed by atoms with Gasteiger partial charge < -0.3 is 14.8 Å². The maximum absolute atomic E-state index is 11.5. The fourth-order valence-electron chi connectivity index (χ4n) is 1.38. The first-order valence-corrected chi connectivity index (χ1v) is 6.25. The minimum atomic E-state index is -0.786. The summed E-state index contributed by atoms with van der Waals surface area (Å²) in [6, 6.07) is 8.46. The number of methoxy groups -OCH3 is 1. The highest BCUT2D eigenvalue weighted by Crippen LogP contribution is 2.01. The Bertz CT molecular complexity index is 410. The molecule has 0 saturated heterocycles. The van der Waals surface area contributed by atoms with Crippen LogP contribution in [0.3, 0.4) is 0 Å². The van der Waals surface area contributed by atoms with Crippen LogP contribution in [0.5, 0.6) is 0 Å². The van der Waals surface area contributed by atoms with E-state index in [2.05, 4.69) is 5.32 Å². The number of halogens is 1. The zero-order chi connectivity index (χ0) is 14.1. The van der Waals surface area contributed by atoms with Gasteiger partial charge >= 0.3 is 6.09 Å². The molecule has 1 amide bonds. The number of benzene rings is 1. The van der Waals surface area contributed by atoms with Gasteiger partial charge in [-0.2, -0.15) is 0 Å². The molecule has 1 aromatic rings. The monoisotopic (exact) mass is 285 g/mol. The Morgan fingerprint density at radius 3 is 2.58 bits per heavy atom. The van der Waals surface area contributed by atoms with Crippen molar-refractivity contribution in [2.24, 2.45) is 0 Å². The molecule has 0 spiro atoms. The van der Waals surface area contributed by atoms with Crippen LogP contribution in [0.1, 0.15) is 5.56 Å². The summed E-state index contributed by atoms with van der Waals surface area (Å²) >= 11 is 5.44. The second kappa shape index (κ2) is 8.50. The summed E-state index contributed by atoms with van der Waals surface area (Å²) in [5, 5.41) is 2.42. The van der Waals surface area contributed by atoms with E-state index in [0.717, 1.165) is 5.56 Å². The molecule has 1 aromatic carbocycles. The molecular formula is C13H16ClNO4. The summed E-state index contributed by atoms with van der Waals surface area (Å²) in [6.45, 7) is 0.202. The molecule has 1 rings (SSSR count). The van der Waals surface area contributed by atoms with Crippen LogP contribution in [0.4, 0.5) is 4.79 Å². The van der Waals surface area contributed by atoms with Crippen molar-refractivity contribution >= 4 is 23.5 Å². The van der Waals surface area contributed by atoms with E-state index in [9.17, 15) is 9.59 Å². The van der Waals surface area contributed by atoms with E-state index in [4.69, 9.17) is 21.1 Å². The van der Waals surface area contributed by atoms with Crippen LogP contribution in [-0.2, 0) is 20.9 Å². The predicted octanol–water partition coefficient (Wildman–Crippen LogP) is 1.74. The van der Waals surface area contributed by atoms with Gasteiger partial charge in [-0.3, -0.25) is 4.79 Å². The van der Waals surface area contributed by atoms with E-state index in [1.165, 1.54) is 7.11 Å². The van der Waals surface area contributed by atoms with Crippen molar-refractivity contribution < 1.29 is 19.1 Å². The van der Waals surface area contributed by atoms with Crippen molar-refractivity contribution in [3.63, 3.8) is 0 Å². The number of hydrogen-bond acceptors (Lipinski definition) is 4. The highest BCUT2D eigenvalue weighted by atomic mass is 35.5. The first-order valence-electron chi connectivity index (χ1n) is 5.72. The lowest BCUT2D eigenvalue weighted by atomic mass is 10.2. The molecule has 6 heteroatoms. The van der Waals surface area contributed by atoms with E-state index >= 15 is 0 Å². The van der Waals surface area contributed by atoms with Gasteiger partial charge in [0.05, 0.1) is 12.5 Å². The van der Waals surface area contributed by atoms with Gasteiger partial charge in [-0.1, -0.05) is 30.3 Å². The van der Waals surface area contributed by atoms with Gasteiger partial charge in [-0.05, 0) is 5.56 Å². The standard InChI is InChI=1S/C13H16ClNO4/c1-18-9-11(12(16)7-14)15-13(17)19-8-10-5-3-2-4-6-10/h2-6,11H,7-9H2,1H3,(H,15,17). The minimum absolute atomic E-state index is 0.0615. The molecule has 0 aliphatic rings. The fraction of sp³-hybridized carbons (Fsp3) is 0.385. The van der Waals surface area contributed by atoms with Crippen molar-refractivity contribution in [3.8, 4) is 0 Å². The van der Waals surface area contributed by atoms with Crippen LogP contribution in [0.25, 0.3) is 0 Å². The van der Waals surface area contributed by atoms with Gasteiger partial charge in [0.2, 0.25) is 0 Å². The number of alkyl halides is 1. The molecular weight excluding hydrogens is 270 g/mol. The number of Topliss-reactive ketones (excluding diaryl/α,β-unsaturated/α-hetero) is 1. The first kappa shape index (κ1) is 15.5. The lowest BCUT2D eigenvalue weighted by Gasteiger charge is -2.15. The van der Waals surface area contributed by atoms with Gasteiger partial charge in [-0.25, -0.2) is 4.79 Å². The van der Waals surface area contributed by atoms with E-state index in [0.29, 0.717) is 0 Å². The summed E-state index contributed by atoms with van der Waals surface area (Å²) in [5.74, 6) is -0.507. The quantitative estimate of drug-likeness (QED) is 0.775. The van der Waals surface area contributed by atoms with E-state index in [1.54, 1.807) is 0 Å². The molecule has 0 aliphatic heterocycles. The van der Waals surface area contributed by atoms with Gasteiger partial charge in [0.25, 0.3) is 0 Å². The molecule has 5 nitrogen and oxygen atoms in total. The zero-order valence-corrected chi connectivity index (χ0v) is 11.4. The molecule has 0 saturated carbocycles. The predicted molar refractivity (Wildman–Crippen MR) is 71.2 cm³/mol. The summed E-state index contributed by atoms with van der Waals surface area (Å²) in [5.41, 5.74) is 0.865. The smallest absolute Gasteiger partial charge is 0.408 e. The van der Waals surface area contributed by atoms with Crippen LogP contribution in [-0.4, -0.2) is 37.5 Å². The number of carbonyl (C=O) groups excluding carboxylic acids is 2. The highest BCUT2D eigenvalue weighted by molar-refractivity contribution is 6.28. The Balaban J connectivity index is 2.42. The Hall–Kier alpha value is -1.59. The number of carbonyl (C=O) groups is 2. The SMILES string of the molecule is COCC(NC(=O)OCc1ccccc1)C(=O)CCl. The normalized spacial score (nSPS) is 11.7. The molecule has 0 heterocycles. The fourth-order valence-corrected chi connectivity index (χ4v) is 1.57. The summed E-state index contributed by atoms with van der Waals surface area (Å²) in [6.07, 6.45) is -0.677. The Morgan fingerprint density at radius 2 is 2.00 bits per heavy atom. The molecule has 1 atom stereocenters. The van der Waals surface area contributed by atoms with Gasteiger partial charge in [0, 0.05) is 7.11 Å². The Kier molecular flexibility index (Phi) is 6.92. The van der Waals surface area contributed by atoms with E-state index in [1.807, 2.05) is 30.3 Å². The lowest BCUT2D eigenvalue weighted by Crippen LogP contribution is -2.44. The van der Waals surface area contributed by atoms with E-state index < -0.39 is 12.1 Å². The van der Waals surface area contributed by atoms with Crippen molar-refractivity contribution in [2.75, 3.05) is 19.6 Å². The van der Waals surface area contributed by atoms with Gasteiger partial charge in [0.15, 0.2) is 5.78 Å². The number of ether oxygens (including phenoxy) is 2. The van der Waals surface area contributed by atoms with Crippen LogP contribution in [0.15, 0.2) is 30.3 Å². The Labute approximate surface area is 116 Å². The summed E-state index contributed by atoms with van der Waals surface area (Å²) in [4.78, 5) is 23.0. The summed E-state index contributed by atoms with van der Waals surface area (Å²) < 4.78 is 9.84. The average molecular weight is 286 g/mol. The zero-order valence-electron chi connectivity index (χ0n) is 10.6. The topological polar surface area (TPSA) is 64.6 Å². The molecule has 0 bridgehead atoms. The molecule has 1 N–H and O–H groups in total. The first-order chi connectivity index (χ1) is 9.17. The average Bonchev–Trinajstić information content (AvgIpc) is 2.45. The van der Waals surface area contributed by atoms with Crippen LogP contribution >= 0.6 is 11.6 Å². The highest BCUT2D eigenvalue weighted by Gasteiger charge is 2.20. The van der Waals surface area contributed by atoms with Crippen molar-refractivity contribution in [3.05, 3.63) is 35.9 Å². The molecule has 0 aromatic heterocycles. The molecule has 19 heavy (non-hydrogen) atoms. The lowest BCUT2D eigenvalue weighted by molar-refractivity contribution is -0.119.